The van der Waals surface area contributed by atoms with Crippen molar-refractivity contribution in [2.24, 2.45) is 0 Å². The van der Waals surface area contributed by atoms with Crippen LogP contribution >= 0.6 is 0 Å². The van der Waals surface area contributed by atoms with Crippen molar-refractivity contribution in [3.8, 4) is 0 Å². The first kappa shape index (κ1) is 15.2. The standard InChI is InChI=1S/C16H23NO2S2/c18-17(19)16-11-14(12-20-7-1-2-8-20)5-6-15(16)13-21-9-3-4-10-21/h5-6,11H,1-4,7-10,12-13H2/q+2. The summed E-state index contributed by atoms with van der Waals surface area (Å²) in [6.07, 6.45) is 5.29. The van der Waals surface area contributed by atoms with Gasteiger partial charge in [-0.3, -0.25) is 10.1 Å². The molecule has 0 N–H and O–H groups in total. The first-order valence-electron chi connectivity index (χ1n) is 7.77. The molecule has 3 rings (SSSR count). The Kier molecular flexibility index (Phi) is 5.11. The van der Waals surface area contributed by atoms with E-state index in [1.54, 1.807) is 0 Å². The van der Waals surface area contributed by atoms with E-state index in [1.807, 2.05) is 12.1 Å². The lowest BCUT2D eigenvalue weighted by Crippen LogP contribution is -2.10. The zero-order valence-electron chi connectivity index (χ0n) is 12.4. The Bertz CT molecular complexity index is 509. The Morgan fingerprint density at radius 3 is 2.10 bits per heavy atom. The summed E-state index contributed by atoms with van der Waals surface area (Å²) in [5.41, 5.74) is 2.50. The average Bonchev–Trinajstić information content (AvgIpc) is 3.13. The van der Waals surface area contributed by atoms with Crippen molar-refractivity contribution >= 4 is 27.5 Å². The highest BCUT2D eigenvalue weighted by Crippen LogP contribution is 2.28. The summed E-state index contributed by atoms with van der Waals surface area (Å²) >= 11 is 0. The zero-order chi connectivity index (χ0) is 14.7. The van der Waals surface area contributed by atoms with Gasteiger partial charge in [-0.1, -0.05) is 6.07 Å². The number of benzene rings is 1. The van der Waals surface area contributed by atoms with Gasteiger partial charge in [-0.25, -0.2) is 0 Å². The maximum atomic E-state index is 11.4. The molecule has 0 bridgehead atoms. The molecule has 2 fully saturated rings. The van der Waals surface area contributed by atoms with Crippen molar-refractivity contribution in [1.82, 2.24) is 0 Å². The smallest absolute Gasteiger partial charge is 0.258 e. The minimum Gasteiger partial charge on any atom is -0.258 e. The van der Waals surface area contributed by atoms with Gasteiger partial charge in [-0.15, -0.1) is 0 Å². The summed E-state index contributed by atoms with van der Waals surface area (Å²) in [6, 6.07) is 6.05. The highest BCUT2D eigenvalue weighted by atomic mass is 32.2. The molecule has 1 aromatic carbocycles. The van der Waals surface area contributed by atoms with Crippen LogP contribution in [-0.2, 0) is 33.3 Å². The van der Waals surface area contributed by atoms with E-state index in [0.717, 1.165) is 17.1 Å². The number of nitro groups is 1. The molecule has 21 heavy (non-hydrogen) atoms. The van der Waals surface area contributed by atoms with Crippen LogP contribution in [0.3, 0.4) is 0 Å². The van der Waals surface area contributed by atoms with E-state index in [4.69, 9.17) is 0 Å². The Labute approximate surface area is 132 Å². The average molecular weight is 325 g/mol. The molecule has 114 valence electrons. The fourth-order valence-electron chi connectivity index (χ4n) is 3.16. The van der Waals surface area contributed by atoms with Gasteiger partial charge in [0.2, 0.25) is 0 Å². The summed E-state index contributed by atoms with van der Waals surface area (Å²) in [5.74, 6) is 7.14. The molecule has 0 spiro atoms. The number of rotatable bonds is 5. The first-order valence-corrected chi connectivity index (χ1v) is 11.2. The lowest BCUT2D eigenvalue weighted by atomic mass is 10.1. The van der Waals surface area contributed by atoms with Crippen LogP contribution in [0.2, 0.25) is 0 Å². The van der Waals surface area contributed by atoms with Crippen LogP contribution in [-0.4, -0.2) is 27.9 Å². The molecule has 0 saturated carbocycles. The van der Waals surface area contributed by atoms with Crippen LogP contribution in [0.4, 0.5) is 5.69 Å². The molecule has 5 heteroatoms. The normalized spacial score (nSPS) is 20.2. The summed E-state index contributed by atoms with van der Waals surface area (Å²) in [7, 11) is 0.850. The summed E-state index contributed by atoms with van der Waals surface area (Å²) in [5, 5.41) is 11.4. The monoisotopic (exact) mass is 325 g/mol. The number of nitrogens with zero attached hydrogens (tertiary/aromatic N) is 1. The van der Waals surface area contributed by atoms with Gasteiger partial charge in [0.05, 0.1) is 10.5 Å². The van der Waals surface area contributed by atoms with E-state index in [2.05, 4.69) is 6.07 Å². The molecule has 0 aliphatic carbocycles. The largest absolute Gasteiger partial charge is 0.277 e. The van der Waals surface area contributed by atoms with Gasteiger partial charge in [-0.2, -0.15) is 0 Å². The summed E-state index contributed by atoms with van der Waals surface area (Å²) in [4.78, 5) is 11.2. The van der Waals surface area contributed by atoms with Crippen molar-refractivity contribution in [3.63, 3.8) is 0 Å². The van der Waals surface area contributed by atoms with E-state index >= 15 is 0 Å². The third kappa shape index (κ3) is 3.95. The van der Waals surface area contributed by atoms with Crippen molar-refractivity contribution in [2.75, 3.05) is 23.0 Å². The summed E-state index contributed by atoms with van der Waals surface area (Å²) in [6.45, 7) is 0. The van der Waals surface area contributed by atoms with E-state index in [1.165, 1.54) is 54.3 Å². The van der Waals surface area contributed by atoms with E-state index in [-0.39, 0.29) is 4.92 Å². The summed E-state index contributed by atoms with van der Waals surface area (Å²) < 4.78 is 0. The van der Waals surface area contributed by atoms with Crippen molar-refractivity contribution in [2.45, 2.75) is 37.2 Å². The molecular weight excluding hydrogens is 302 g/mol. The number of hydrogen-bond acceptors (Lipinski definition) is 2. The third-order valence-electron chi connectivity index (χ3n) is 4.31. The van der Waals surface area contributed by atoms with Crippen LogP contribution < -0.4 is 0 Å². The maximum absolute atomic E-state index is 11.4. The molecular formula is C16H23NO2S2+2. The fourth-order valence-corrected chi connectivity index (χ4v) is 7.93. The van der Waals surface area contributed by atoms with Gasteiger partial charge in [0.1, 0.15) is 34.5 Å². The first-order chi connectivity index (χ1) is 10.2. The highest BCUT2D eigenvalue weighted by Gasteiger charge is 2.29. The van der Waals surface area contributed by atoms with Gasteiger partial charge in [0.15, 0.2) is 0 Å². The van der Waals surface area contributed by atoms with Gasteiger partial charge in [-0.05, 0) is 53.5 Å². The Balaban J connectivity index is 1.74. The quantitative estimate of drug-likeness (QED) is 0.473. The predicted molar refractivity (Wildman–Crippen MR) is 93.2 cm³/mol. The molecule has 0 radical (unpaired) electrons. The van der Waals surface area contributed by atoms with Gasteiger partial charge >= 0.3 is 0 Å². The van der Waals surface area contributed by atoms with E-state index < -0.39 is 0 Å². The molecule has 3 nitrogen and oxygen atoms in total. The van der Waals surface area contributed by atoms with Crippen molar-refractivity contribution < 1.29 is 4.92 Å². The van der Waals surface area contributed by atoms with Gasteiger partial charge < -0.3 is 0 Å². The molecule has 0 unspecified atom stereocenters. The second-order valence-corrected chi connectivity index (χ2v) is 10.6. The van der Waals surface area contributed by atoms with Crippen molar-refractivity contribution in [1.29, 1.82) is 0 Å². The van der Waals surface area contributed by atoms with Gasteiger partial charge in [0.25, 0.3) is 5.69 Å². The van der Waals surface area contributed by atoms with E-state index in [9.17, 15) is 10.1 Å². The van der Waals surface area contributed by atoms with Gasteiger partial charge in [0, 0.05) is 11.6 Å². The molecule has 1 aromatic rings. The number of hydrogen-bond donors (Lipinski definition) is 0. The SMILES string of the molecule is O=[N+]([O-])c1cc(C[S+]2CCCC2)ccc1C[S+]1CCCC1. The van der Waals surface area contributed by atoms with Crippen LogP contribution in [0, 0.1) is 10.1 Å². The third-order valence-corrected chi connectivity index (χ3v) is 9.23. The Morgan fingerprint density at radius 2 is 1.52 bits per heavy atom. The minimum atomic E-state index is -0.171. The molecule has 0 aromatic heterocycles. The molecule has 2 aliphatic heterocycles. The molecule has 0 amide bonds. The minimum absolute atomic E-state index is 0.171. The predicted octanol–water partition coefficient (Wildman–Crippen LogP) is 3.42. The topological polar surface area (TPSA) is 43.1 Å². The molecule has 2 aliphatic rings. The molecule has 0 atom stereocenters. The lowest BCUT2D eigenvalue weighted by molar-refractivity contribution is -0.385. The fraction of sp³-hybridized carbons (Fsp3) is 0.625. The second kappa shape index (κ2) is 7.05. The van der Waals surface area contributed by atoms with Crippen LogP contribution in [0.1, 0.15) is 36.8 Å². The Morgan fingerprint density at radius 1 is 0.952 bits per heavy atom. The zero-order valence-corrected chi connectivity index (χ0v) is 14.0. The van der Waals surface area contributed by atoms with Crippen molar-refractivity contribution in [3.05, 3.63) is 39.4 Å². The maximum Gasteiger partial charge on any atom is 0.277 e. The lowest BCUT2D eigenvalue weighted by Gasteiger charge is -2.06. The van der Waals surface area contributed by atoms with E-state index in [0.29, 0.717) is 27.5 Å². The van der Waals surface area contributed by atoms with Crippen LogP contribution in [0.25, 0.3) is 0 Å². The highest BCUT2D eigenvalue weighted by molar-refractivity contribution is 7.96. The Hall–Kier alpha value is -0.680. The number of nitro benzene ring substituents is 1. The van der Waals surface area contributed by atoms with Crippen LogP contribution in [0.15, 0.2) is 18.2 Å². The van der Waals surface area contributed by atoms with Crippen LogP contribution in [0.5, 0.6) is 0 Å². The second-order valence-electron chi connectivity index (χ2n) is 5.96. The molecule has 2 heterocycles. The molecule has 2 saturated heterocycles.